The Morgan fingerprint density at radius 1 is 0.964 bits per heavy atom. The first-order chi connectivity index (χ1) is 13.5. The average molecular weight is 395 g/mol. The molecule has 0 saturated carbocycles. The fraction of sp³-hybridized carbons (Fsp3) is 0.190. The van der Waals surface area contributed by atoms with Gasteiger partial charge in [0.05, 0.1) is 11.4 Å². The molecule has 2 amide bonds. The van der Waals surface area contributed by atoms with Crippen molar-refractivity contribution in [2.75, 3.05) is 28.5 Å². The second-order valence-corrected chi connectivity index (χ2v) is 8.72. The minimum atomic E-state index is -3.48. The molecule has 144 valence electrons. The molecule has 0 fully saturated rings. The number of fused-ring (bicyclic) bond motifs is 2. The van der Waals surface area contributed by atoms with Crippen molar-refractivity contribution in [1.82, 2.24) is 5.32 Å². The van der Waals surface area contributed by atoms with Gasteiger partial charge in [0.1, 0.15) is 0 Å². The molecule has 28 heavy (non-hydrogen) atoms. The van der Waals surface area contributed by atoms with Crippen molar-refractivity contribution >= 4 is 38.2 Å². The predicted octanol–water partition coefficient (Wildman–Crippen LogP) is 3.35. The van der Waals surface area contributed by atoms with Gasteiger partial charge in [0, 0.05) is 18.8 Å². The number of hydrogen-bond acceptors (Lipinski definition) is 3. The normalized spacial score (nSPS) is 13.4. The van der Waals surface area contributed by atoms with Crippen LogP contribution in [0.4, 0.5) is 16.2 Å². The summed E-state index contributed by atoms with van der Waals surface area (Å²) in [6.07, 6.45) is 0.714. The summed E-state index contributed by atoms with van der Waals surface area (Å²) in [5.41, 5.74) is 2.43. The van der Waals surface area contributed by atoms with Crippen LogP contribution in [0.2, 0.25) is 0 Å². The molecule has 0 bridgehead atoms. The van der Waals surface area contributed by atoms with Crippen molar-refractivity contribution < 1.29 is 13.2 Å². The maximum Gasteiger partial charge on any atom is 0.319 e. The van der Waals surface area contributed by atoms with Crippen LogP contribution in [0.1, 0.15) is 5.56 Å². The van der Waals surface area contributed by atoms with Crippen molar-refractivity contribution in [3.8, 4) is 0 Å². The van der Waals surface area contributed by atoms with E-state index in [9.17, 15) is 13.2 Å². The largest absolute Gasteiger partial charge is 0.337 e. The van der Waals surface area contributed by atoms with Gasteiger partial charge >= 0.3 is 6.03 Å². The monoisotopic (exact) mass is 395 g/mol. The number of carbonyl (C=O) groups is 1. The van der Waals surface area contributed by atoms with E-state index >= 15 is 0 Å². The van der Waals surface area contributed by atoms with E-state index in [4.69, 9.17) is 0 Å². The van der Waals surface area contributed by atoms with Crippen LogP contribution in [-0.4, -0.2) is 33.3 Å². The molecule has 3 aromatic carbocycles. The highest BCUT2D eigenvalue weighted by Crippen LogP contribution is 2.29. The molecule has 1 aliphatic rings. The Kier molecular flexibility index (Phi) is 4.92. The molecule has 2 N–H and O–H groups in total. The molecule has 0 aliphatic carbocycles. The molecule has 0 spiro atoms. The average Bonchev–Trinajstić information content (AvgIpc) is 3.13. The Hall–Kier alpha value is -3.06. The van der Waals surface area contributed by atoms with E-state index in [2.05, 4.69) is 10.6 Å². The maximum atomic E-state index is 12.6. The summed E-state index contributed by atoms with van der Waals surface area (Å²) in [5.74, 6) is -0.146. The lowest BCUT2D eigenvalue weighted by Crippen LogP contribution is -2.38. The summed E-state index contributed by atoms with van der Waals surface area (Å²) >= 11 is 0. The number of nitrogens with zero attached hydrogens (tertiary/aromatic N) is 1. The van der Waals surface area contributed by atoms with Crippen molar-refractivity contribution in [2.24, 2.45) is 0 Å². The van der Waals surface area contributed by atoms with Crippen molar-refractivity contribution in [3.05, 3.63) is 72.3 Å². The van der Waals surface area contributed by atoms with Crippen molar-refractivity contribution in [3.63, 3.8) is 0 Å². The van der Waals surface area contributed by atoms with Crippen molar-refractivity contribution in [2.45, 2.75) is 6.42 Å². The number of amides is 2. The molecular formula is C21H21N3O3S. The molecular weight excluding hydrogens is 374 g/mol. The molecule has 0 saturated heterocycles. The van der Waals surface area contributed by atoms with Gasteiger partial charge in [-0.05, 0) is 41.0 Å². The number of urea groups is 1. The second-order valence-electron chi connectivity index (χ2n) is 6.71. The van der Waals surface area contributed by atoms with Gasteiger partial charge in [-0.2, -0.15) is 0 Å². The minimum absolute atomic E-state index is 0.0421. The predicted molar refractivity (Wildman–Crippen MR) is 112 cm³/mol. The molecule has 0 unspecified atom stereocenters. The van der Waals surface area contributed by atoms with Crippen LogP contribution in [0.5, 0.6) is 0 Å². The molecule has 0 radical (unpaired) electrons. The van der Waals surface area contributed by atoms with Gasteiger partial charge in [0.25, 0.3) is 0 Å². The fourth-order valence-electron chi connectivity index (χ4n) is 3.44. The molecule has 1 heterocycles. The first-order valence-corrected chi connectivity index (χ1v) is 10.8. The van der Waals surface area contributed by atoms with Gasteiger partial charge in [-0.1, -0.05) is 48.5 Å². The number of para-hydroxylation sites is 1. The zero-order valence-corrected chi connectivity index (χ0v) is 16.1. The highest BCUT2D eigenvalue weighted by molar-refractivity contribution is 7.92. The van der Waals surface area contributed by atoms with E-state index < -0.39 is 16.1 Å². The standard InChI is InChI=1S/C21H21N3O3S/c25-21(23-19-10-9-16-5-1-2-7-18(16)15-19)22-12-14-28(26,27)24-13-11-17-6-3-4-8-20(17)24/h1-10,15H,11-14H2,(H2,22,23,25). The Labute approximate surface area is 164 Å². The van der Waals surface area contributed by atoms with E-state index in [1.54, 1.807) is 0 Å². The van der Waals surface area contributed by atoms with Gasteiger partial charge in [-0.3, -0.25) is 4.31 Å². The molecule has 0 atom stereocenters. The first-order valence-electron chi connectivity index (χ1n) is 9.15. The summed E-state index contributed by atoms with van der Waals surface area (Å²) in [6, 6.07) is 20.6. The summed E-state index contributed by atoms with van der Waals surface area (Å²) in [5, 5.41) is 7.49. The summed E-state index contributed by atoms with van der Waals surface area (Å²) in [4.78, 5) is 12.1. The fourth-order valence-corrected chi connectivity index (χ4v) is 4.87. The number of anilines is 2. The zero-order valence-electron chi connectivity index (χ0n) is 15.3. The van der Waals surface area contributed by atoms with E-state index in [-0.39, 0.29) is 12.3 Å². The third-order valence-electron chi connectivity index (χ3n) is 4.83. The Bertz CT molecular complexity index is 1130. The van der Waals surface area contributed by atoms with Gasteiger partial charge in [-0.15, -0.1) is 0 Å². The van der Waals surface area contributed by atoms with Crippen LogP contribution in [0.25, 0.3) is 10.8 Å². The van der Waals surface area contributed by atoms with Gasteiger partial charge in [0.2, 0.25) is 10.0 Å². The maximum absolute atomic E-state index is 12.6. The van der Waals surface area contributed by atoms with Crippen LogP contribution in [0.3, 0.4) is 0 Å². The Morgan fingerprint density at radius 2 is 1.71 bits per heavy atom. The van der Waals surface area contributed by atoms with Crippen LogP contribution < -0.4 is 14.9 Å². The lowest BCUT2D eigenvalue weighted by atomic mass is 10.1. The van der Waals surface area contributed by atoms with Crippen LogP contribution in [-0.2, 0) is 16.4 Å². The highest BCUT2D eigenvalue weighted by Gasteiger charge is 2.28. The number of rotatable bonds is 5. The van der Waals surface area contributed by atoms with Gasteiger partial charge in [0.15, 0.2) is 0 Å². The highest BCUT2D eigenvalue weighted by atomic mass is 32.2. The van der Waals surface area contributed by atoms with Gasteiger partial charge in [-0.25, -0.2) is 13.2 Å². The van der Waals surface area contributed by atoms with Crippen LogP contribution in [0, 0.1) is 0 Å². The third kappa shape index (κ3) is 3.80. The van der Waals surface area contributed by atoms with Crippen molar-refractivity contribution in [1.29, 1.82) is 0 Å². The molecule has 6 nitrogen and oxygen atoms in total. The minimum Gasteiger partial charge on any atom is -0.337 e. The molecule has 4 rings (SSSR count). The Balaban J connectivity index is 1.33. The topological polar surface area (TPSA) is 78.5 Å². The number of benzene rings is 3. The SMILES string of the molecule is O=C(NCCS(=O)(=O)N1CCc2ccccc21)Nc1ccc2ccccc2c1. The smallest absolute Gasteiger partial charge is 0.319 e. The number of nitrogens with one attached hydrogen (secondary N) is 2. The third-order valence-corrected chi connectivity index (χ3v) is 6.60. The van der Waals surface area contributed by atoms with Gasteiger partial charge < -0.3 is 10.6 Å². The first kappa shape index (κ1) is 18.3. The van der Waals surface area contributed by atoms with E-state index in [1.165, 1.54) is 4.31 Å². The number of carbonyl (C=O) groups excluding carboxylic acids is 1. The molecule has 1 aliphatic heterocycles. The lowest BCUT2D eigenvalue weighted by molar-refractivity contribution is 0.252. The quantitative estimate of drug-likeness (QED) is 0.695. The van der Waals surface area contributed by atoms with E-state index in [0.717, 1.165) is 22.0 Å². The van der Waals surface area contributed by atoms with E-state index in [0.29, 0.717) is 18.7 Å². The summed E-state index contributed by atoms with van der Waals surface area (Å²) in [6.45, 7) is 0.491. The molecule has 0 aromatic heterocycles. The second kappa shape index (κ2) is 7.52. The number of sulfonamides is 1. The molecule has 3 aromatic rings. The van der Waals surface area contributed by atoms with Crippen LogP contribution in [0.15, 0.2) is 66.7 Å². The molecule has 7 heteroatoms. The summed E-state index contributed by atoms with van der Waals surface area (Å²) < 4.78 is 26.7. The Morgan fingerprint density at radius 3 is 2.57 bits per heavy atom. The summed E-state index contributed by atoms with van der Waals surface area (Å²) in [7, 11) is -3.48. The lowest BCUT2D eigenvalue weighted by Gasteiger charge is -2.19. The van der Waals surface area contributed by atoms with Crippen LogP contribution >= 0.6 is 0 Å². The number of hydrogen-bond donors (Lipinski definition) is 2. The van der Waals surface area contributed by atoms with E-state index in [1.807, 2.05) is 66.7 Å². The zero-order chi connectivity index (χ0) is 19.6.